The van der Waals surface area contributed by atoms with E-state index in [9.17, 15) is 4.79 Å². The fraction of sp³-hybridized carbons (Fsp3) is 0.645. The van der Waals surface area contributed by atoms with Gasteiger partial charge in [0.2, 0.25) is 0 Å². The van der Waals surface area contributed by atoms with Gasteiger partial charge in [0.1, 0.15) is 17.1 Å². The van der Waals surface area contributed by atoms with Crippen LogP contribution in [0.5, 0.6) is 11.5 Å². The smallest absolute Gasteiger partial charge is 0.163 e. The van der Waals surface area contributed by atoms with Crippen LogP contribution in [-0.4, -0.2) is 93.6 Å². The number of nitrogens with zero attached hydrogens (tertiary/aromatic N) is 3. The van der Waals surface area contributed by atoms with Crippen LogP contribution in [0.25, 0.3) is 6.08 Å². The van der Waals surface area contributed by atoms with Gasteiger partial charge in [-0.15, -0.1) is 0 Å². The number of benzene rings is 1. The summed E-state index contributed by atoms with van der Waals surface area (Å²) in [6.45, 7) is 13.9. The van der Waals surface area contributed by atoms with E-state index in [0.717, 1.165) is 76.1 Å². The molecule has 6 nitrogen and oxygen atoms in total. The number of allylic oxidation sites excluding steroid dienone is 2. The zero-order valence-electron chi connectivity index (χ0n) is 24.7. The van der Waals surface area contributed by atoms with Crippen LogP contribution in [0.3, 0.4) is 0 Å². The Balaban J connectivity index is 2.04. The molecule has 1 unspecified atom stereocenters. The maximum absolute atomic E-state index is 12.4. The Hall–Kier alpha value is -2.15. The zero-order valence-corrected chi connectivity index (χ0v) is 24.7. The Morgan fingerprint density at radius 3 is 2.14 bits per heavy atom. The van der Waals surface area contributed by atoms with Gasteiger partial charge in [0.25, 0.3) is 0 Å². The minimum Gasteiger partial charge on any atom is -0.492 e. The van der Waals surface area contributed by atoms with E-state index in [-0.39, 0.29) is 11.4 Å². The van der Waals surface area contributed by atoms with Crippen LogP contribution in [0.15, 0.2) is 29.9 Å². The second kappa shape index (κ2) is 15.3. The first kappa shape index (κ1) is 31.1. The monoisotopic (exact) mass is 513 g/mol. The van der Waals surface area contributed by atoms with Crippen molar-refractivity contribution in [3.8, 4) is 11.5 Å². The zero-order chi connectivity index (χ0) is 27.4. The molecule has 0 aliphatic carbocycles. The highest BCUT2D eigenvalue weighted by Crippen LogP contribution is 2.40. The normalized spacial score (nSPS) is 16.7. The predicted octanol–water partition coefficient (Wildman–Crippen LogP) is 5.77. The quantitative estimate of drug-likeness (QED) is 0.150. The maximum atomic E-state index is 12.4. The summed E-state index contributed by atoms with van der Waals surface area (Å²) in [5.41, 5.74) is 2.45. The number of hydrogen-bond donors (Lipinski definition) is 0. The molecule has 2 rings (SSSR count). The molecule has 1 aromatic rings. The molecule has 6 heteroatoms. The Morgan fingerprint density at radius 1 is 0.946 bits per heavy atom. The maximum Gasteiger partial charge on any atom is 0.163 e. The molecule has 0 fully saturated rings. The summed E-state index contributed by atoms with van der Waals surface area (Å²) >= 11 is 0. The van der Waals surface area contributed by atoms with Crippen LogP contribution in [0.4, 0.5) is 0 Å². The van der Waals surface area contributed by atoms with Crippen molar-refractivity contribution < 1.29 is 14.3 Å². The van der Waals surface area contributed by atoms with Gasteiger partial charge in [0, 0.05) is 6.54 Å². The van der Waals surface area contributed by atoms with Gasteiger partial charge < -0.3 is 24.2 Å². The summed E-state index contributed by atoms with van der Waals surface area (Å²) < 4.78 is 12.7. The van der Waals surface area contributed by atoms with E-state index in [1.165, 1.54) is 5.57 Å². The van der Waals surface area contributed by atoms with E-state index < -0.39 is 0 Å². The fourth-order valence-electron chi connectivity index (χ4n) is 4.61. The highest BCUT2D eigenvalue weighted by Gasteiger charge is 2.29. The minimum absolute atomic E-state index is 0.0112. The van der Waals surface area contributed by atoms with Crippen molar-refractivity contribution in [2.45, 2.75) is 65.4 Å². The average Bonchev–Trinajstić information content (AvgIpc) is 2.80. The van der Waals surface area contributed by atoms with Gasteiger partial charge in [-0.1, -0.05) is 11.6 Å². The molecule has 1 atom stereocenters. The SMILES string of the molecule is CC(=O)c1ccc2c(c1OCCCN(CCCN(C)C)CCCN(C)C)C=CC(C)(CCC=C(C)C)O2. The van der Waals surface area contributed by atoms with Crippen LogP contribution >= 0.6 is 0 Å². The van der Waals surface area contributed by atoms with Crippen LogP contribution < -0.4 is 9.47 Å². The van der Waals surface area contributed by atoms with Gasteiger partial charge >= 0.3 is 0 Å². The molecule has 208 valence electrons. The van der Waals surface area contributed by atoms with Crippen LogP contribution in [0.1, 0.15) is 75.7 Å². The third-order valence-corrected chi connectivity index (χ3v) is 6.70. The third kappa shape index (κ3) is 11.0. The Morgan fingerprint density at radius 2 is 1.57 bits per heavy atom. The van der Waals surface area contributed by atoms with Gasteiger partial charge in [-0.3, -0.25) is 4.79 Å². The predicted molar refractivity (Wildman–Crippen MR) is 156 cm³/mol. The third-order valence-electron chi connectivity index (χ3n) is 6.70. The molecule has 0 N–H and O–H groups in total. The number of carbonyl (C=O) groups is 1. The number of ether oxygens (including phenoxy) is 2. The highest BCUT2D eigenvalue weighted by atomic mass is 16.5. The van der Waals surface area contributed by atoms with E-state index in [0.29, 0.717) is 17.9 Å². The Kier molecular flexibility index (Phi) is 12.9. The number of ketones is 1. The number of fused-ring (bicyclic) bond motifs is 1. The lowest BCUT2D eigenvalue weighted by atomic mass is 9.93. The molecule has 0 saturated heterocycles. The standard InChI is InChI=1S/C31H51N3O3/c1-25(2)13-9-17-31(4)18-16-28-29(37-31)15-14-27(26(3)35)30(28)36-24-12-23-34(21-10-19-32(5)6)22-11-20-33(7)8/h13-16,18H,9-12,17,19-24H2,1-8H3. The largest absolute Gasteiger partial charge is 0.492 e. The number of rotatable bonds is 17. The molecule has 0 spiro atoms. The van der Waals surface area contributed by atoms with Crippen LogP contribution in [-0.2, 0) is 0 Å². The number of Topliss-reactive ketones (excluding diaryl/α,β-unsaturated/α-hetero) is 1. The number of hydrogen-bond acceptors (Lipinski definition) is 6. The second-order valence-corrected chi connectivity index (χ2v) is 11.3. The summed E-state index contributed by atoms with van der Waals surface area (Å²) in [6.07, 6.45) is 11.5. The minimum atomic E-state index is -0.367. The fourth-order valence-corrected chi connectivity index (χ4v) is 4.61. The van der Waals surface area contributed by atoms with Crippen molar-refractivity contribution in [1.29, 1.82) is 0 Å². The molecule has 0 amide bonds. The van der Waals surface area contributed by atoms with Gasteiger partial charge in [-0.2, -0.15) is 0 Å². The highest BCUT2D eigenvalue weighted by molar-refractivity contribution is 5.98. The van der Waals surface area contributed by atoms with E-state index >= 15 is 0 Å². The van der Waals surface area contributed by atoms with Crippen molar-refractivity contribution in [3.63, 3.8) is 0 Å². The molecule has 1 heterocycles. The molecule has 1 aromatic carbocycles. The summed E-state index contributed by atoms with van der Waals surface area (Å²) in [5, 5.41) is 0. The van der Waals surface area contributed by atoms with E-state index in [2.05, 4.69) is 81.9 Å². The van der Waals surface area contributed by atoms with Crippen LogP contribution in [0.2, 0.25) is 0 Å². The summed E-state index contributed by atoms with van der Waals surface area (Å²) in [6, 6.07) is 3.76. The lowest BCUT2D eigenvalue weighted by Crippen LogP contribution is -2.32. The molecule has 1 aliphatic rings. The lowest BCUT2D eigenvalue weighted by molar-refractivity contribution is 0.101. The average molecular weight is 514 g/mol. The Bertz CT molecular complexity index is 905. The van der Waals surface area contributed by atoms with Crippen molar-refractivity contribution >= 4 is 11.9 Å². The van der Waals surface area contributed by atoms with Gasteiger partial charge in [0.05, 0.1) is 17.7 Å². The summed E-state index contributed by atoms with van der Waals surface area (Å²) in [5.74, 6) is 1.45. The lowest BCUT2D eigenvalue weighted by Gasteiger charge is -2.32. The van der Waals surface area contributed by atoms with Gasteiger partial charge in [-0.25, -0.2) is 0 Å². The van der Waals surface area contributed by atoms with E-state index in [4.69, 9.17) is 9.47 Å². The summed E-state index contributed by atoms with van der Waals surface area (Å²) in [4.78, 5) is 19.4. The first-order chi connectivity index (χ1) is 17.5. The molecule has 1 aliphatic heterocycles. The van der Waals surface area contributed by atoms with Gasteiger partial charge in [0.15, 0.2) is 5.78 Å². The van der Waals surface area contributed by atoms with Crippen LogP contribution in [0, 0.1) is 0 Å². The first-order valence-electron chi connectivity index (χ1n) is 13.8. The first-order valence-corrected chi connectivity index (χ1v) is 13.8. The van der Waals surface area contributed by atoms with Crippen molar-refractivity contribution in [2.75, 3.05) is 67.5 Å². The van der Waals surface area contributed by atoms with Crippen molar-refractivity contribution in [3.05, 3.63) is 41.0 Å². The van der Waals surface area contributed by atoms with E-state index in [1.807, 2.05) is 12.1 Å². The van der Waals surface area contributed by atoms with Crippen molar-refractivity contribution in [1.82, 2.24) is 14.7 Å². The molecular formula is C31H51N3O3. The van der Waals surface area contributed by atoms with Gasteiger partial charge in [-0.05, 0) is 138 Å². The van der Waals surface area contributed by atoms with Crippen molar-refractivity contribution in [2.24, 2.45) is 0 Å². The molecule has 37 heavy (non-hydrogen) atoms. The Labute approximate surface area is 226 Å². The molecule has 0 bridgehead atoms. The molecular weight excluding hydrogens is 462 g/mol. The topological polar surface area (TPSA) is 45.2 Å². The molecule has 0 saturated carbocycles. The van der Waals surface area contributed by atoms with E-state index in [1.54, 1.807) is 6.92 Å². The molecule has 0 aromatic heterocycles. The second-order valence-electron chi connectivity index (χ2n) is 11.3. The molecule has 0 radical (unpaired) electrons. The number of carbonyl (C=O) groups excluding carboxylic acids is 1. The summed E-state index contributed by atoms with van der Waals surface area (Å²) in [7, 11) is 8.51.